The van der Waals surface area contributed by atoms with Crippen LogP contribution in [0.3, 0.4) is 0 Å². The summed E-state index contributed by atoms with van der Waals surface area (Å²) in [7, 11) is 3.12. The second-order valence-electron chi connectivity index (χ2n) is 3.61. The predicted molar refractivity (Wildman–Crippen MR) is 69.9 cm³/mol. The van der Waals surface area contributed by atoms with Gasteiger partial charge in [-0.3, -0.25) is 4.79 Å². The number of carbonyl (C=O) groups excluding carboxylic acids is 1. The third kappa shape index (κ3) is 3.22. The molecule has 1 atom stereocenters. The number of nitrogens with one attached hydrogen (secondary N) is 3. The molecule has 7 heteroatoms. The summed E-state index contributed by atoms with van der Waals surface area (Å²) in [6, 6.07) is -0.409. The van der Waals surface area contributed by atoms with Crippen molar-refractivity contribution in [2.24, 2.45) is 0 Å². The molecule has 1 unspecified atom stereocenters. The van der Waals surface area contributed by atoms with E-state index in [9.17, 15) is 4.79 Å². The molecule has 0 aromatic carbocycles. The molecule has 0 aliphatic carbocycles. The molecular formula is C11H19N5O2. The Bertz CT molecular complexity index is 410. The number of nitrogens with zero attached hydrogens (tertiary/aromatic N) is 2. The van der Waals surface area contributed by atoms with Crippen LogP contribution in [0.25, 0.3) is 0 Å². The summed E-state index contributed by atoms with van der Waals surface area (Å²) in [4.78, 5) is 19.6. The SMILES string of the molecule is CCNc1ncnc(NC(C)C(=O)NC)c1OC. The van der Waals surface area contributed by atoms with E-state index in [0.29, 0.717) is 17.4 Å². The molecule has 0 aliphatic heterocycles. The lowest BCUT2D eigenvalue weighted by Gasteiger charge is -2.16. The smallest absolute Gasteiger partial charge is 0.241 e. The van der Waals surface area contributed by atoms with Gasteiger partial charge >= 0.3 is 0 Å². The van der Waals surface area contributed by atoms with Crippen molar-refractivity contribution >= 4 is 17.5 Å². The molecule has 1 rings (SSSR count). The summed E-state index contributed by atoms with van der Waals surface area (Å²) in [6.07, 6.45) is 1.42. The summed E-state index contributed by atoms with van der Waals surface area (Å²) >= 11 is 0. The maximum atomic E-state index is 11.5. The van der Waals surface area contributed by atoms with Crippen LogP contribution in [-0.2, 0) is 4.79 Å². The van der Waals surface area contributed by atoms with Crippen molar-refractivity contribution in [1.82, 2.24) is 15.3 Å². The van der Waals surface area contributed by atoms with Crippen LogP contribution in [0.15, 0.2) is 6.33 Å². The maximum absolute atomic E-state index is 11.5. The summed E-state index contributed by atoms with van der Waals surface area (Å²) < 4.78 is 5.26. The van der Waals surface area contributed by atoms with E-state index in [1.54, 1.807) is 14.0 Å². The van der Waals surface area contributed by atoms with Gasteiger partial charge in [-0.15, -0.1) is 0 Å². The van der Waals surface area contributed by atoms with E-state index < -0.39 is 6.04 Å². The standard InChI is InChI=1S/C11H19N5O2/c1-5-13-9-8(18-4)10(15-6-14-9)16-7(2)11(17)12-3/h6-7H,5H2,1-4H3,(H,12,17)(H2,13,14,15,16). The van der Waals surface area contributed by atoms with Crippen LogP contribution in [0, 0.1) is 0 Å². The summed E-state index contributed by atoms with van der Waals surface area (Å²) in [6.45, 7) is 4.42. The van der Waals surface area contributed by atoms with Crippen LogP contribution in [-0.4, -0.2) is 42.6 Å². The number of methoxy groups -OCH3 is 1. The third-order valence-corrected chi connectivity index (χ3v) is 2.35. The second kappa shape index (κ2) is 6.63. The Hall–Kier alpha value is -2.05. The van der Waals surface area contributed by atoms with Crippen molar-refractivity contribution in [3.63, 3.8) is 0 Å². The lowest BCUT2D eigenvalue weighted by Crippen LogP contribution is -2.35. The highest BCUT2D eigenvalue weighted by molar-refractivity contribution is 5.84. The molecule has 18 heavy (non-hydrogen) atoms. The Labute approximate surface area is 106 Å². The second-order valence-corrected chi connectivity index (χ2v) is 3.61. The van der Waals surface area contributed by atoms with Crippen LogP contribution >= 0.6 is 0 Å². The highest BCUT2D eigenvalue weighted by Crippen LogP contribution is 2.29. The molecular weight excluding hydrogens is 234 g/mol. The van der Waals surface area contributed by atoms with Crippen LogP contribution in [0.4, 0.5) is 11.6 Å². The lowest BCUT2D eigenvalue weighted by atomic mass is 10.3. The molecule has 0 fully saturated rings. The van der Waals surface area contributed by atoms with Crippen molar-refractivity contribution in [2.75, 3.05) is 31.3 Å². The highest BCUT2D eigenvalue weighted by Gasteiger charge is 2.16. The third-order valence-electron chi connectivity index (χ3n) is 2.35. The number of rotatable bonds is 6. The van der Waals surface area contributed by atoms with Gasteiger partial charge in [-0.25, -0.2) is 9.97 Å². The first-order chi connectivity index (χ1) is 8.63. The van der Waals surface area contributed by atoms with Crippen molar-refractivity contribution < 1.29 is 9.53 Å². The van der Waals surface area contributed by atoms with Gasteiger partial charge in [0.2, 0.25) is 11.7 Å². The Kier molecular flexibility index (Phi) is 5.16. The molecule has 1 aromatic heterocycles. The number of likely N-dealkylation sites (N-methyl/N-ethyl adjacent to an activating group) is 1. The molecule has 0 radical (unpaired) electrons. The van der Waals surface area contributed by atoms with Gasteiger partial charge in [-0.2, -0.15) is 0 Å². The number of hydrogen-bond acceptors (Lipinski definition) is 6. The van der Waals surface area contributed by atoms with Crippen LogP contribution in [0.1, 0.15) is 13.8 Å². The van der Waals surface area contributed by atoms with E-state index >= 15 is 0 Å². The van der Waals surface area contributed by atoms with E-state index in [2.05, 4.69) is 25.9 Å². The molecule has 3 N–H and O–H groups in total. The topological polar surface area (TPSA) is 88.2 Å². The number of carbonyl (C=O) groups is 1. The minimum absolute atomic E-state index is 0.124. The van der Waals surface area contributed by atoms with Gasteiger partial charge < -0.3 is 20.7 Å². The number of hydrogen-bond donors (Lipinski definition) is 3. The fourth-order valence-electron chi connectivity index (χ4n) is 1.45. The molecule has 1 aromatic rings. The first-order valence-corrected chi connectivity index (χ1v) is 5.75. The van der Waals surface area contributed by atoms with Crippen molar-refractivity contribution in [3.8, 4) is 5.75 Å². The summed E-state index contributed by atoms with van der Waals surface area (Å²) in [5, 5.41) is 8.61. The Morgan fingerprint density at radius 1 is 1.44 bits per heavy atom. The Balaban J connectivity index is 2.94. The van der Waals surface area contributed by atoms with Gasteiger partial charge in [0.25, 0.3) is 0 Å². The van der Waals surface area contributed by atoms with E-state index in [4.69, 9.17) is 4.74 Å². The Morgan fingerprint density at radius 3 is 2.67 bits per heavy atom. The molecule has 1 heterocycles. The number of amides is 1. The molecule has 0 saturated heterocycles. The zero-order chi connectivity index (χ0) is 13.5. The maximum Gasteiger partial charge on any atom is 0.241 e. The minimum atomic E-state index is -0.409. The van der Waals surface area contributed by atoms with Crippen LogP contribution in [0.5, 0.6) is 5.75 Å². The monoisotopic (exact) mass is 253 g/mol. The minimum Gasteiger partial charge on any atom is -0.490 e. The molecule has 0 saturated carbocycles. The Morgan fingerprint density at radius 2 is 2.11 bits per heavy atom. The lowest BCUT2D eigenvalue weighted by molar-refractivity contribution is -0.121. The molecule has 100 valence electrons. The van der Waals surface area contributed by atoms with Crippen molar-refractivity contribution in [1.29, 1.82) is 0 Å². The van der Waals surface area contributed by atoms with E-state index in [1.165, 1.54) is 13.4 Å². The van der Waals surface area contributed by atoms with E-state index in [-0.39, 0.29) is 5.91 Å². The molecule has 1 amide bonds. The predicted octanol–water partition coefficient (Wildman–Crippen LogP) is 0.463. The van der Waals surface area contributed by atoms with Gasteiger partial charge in [0.15, 0.2) is 11.6 Å². The van der Waals surface area contributed by atoms with Crippen LogP contribution < -0.4 is 20.7 Å². The fraction of sp³-hybridized carbons (Fsp3) is 0.545. The highest BCUT2D eigenvalue weighted by atomic mass is 16.5. The van der Waals surface area contributed by atoms with Crippen molar-refractivity contribution in [2.45, 2.75) is 19.9 Å². The molecule has 0 spiro atoms. The normalized spacial score (nSPS) is 11.6. The van der Waals surface area contributed by atoms with Gasteiger partial charge in [0.1, 0.15) is 12.4 Å². The van der Waals surface area contributed by atoms with Gasteiger partial charge in [0, 0.05) is 13.6 Å². The zero-order valence-corrected chi connectivity index (χ0v) is 11.1. The van der Waals surface area contributed by atoms with Gasteiger partial charge in [0.05, 0.1) is 7.11 Å². The summed E-state index contributed by atoms with van der Waals surface area (Å²) in [5.74, 6) is 1.46. The number of ether oxygens (including phenoxy) is 1. The fourth-order valence-corrected chi connectivity index (χ4v) is 1.45. The average molecular weight is 253 g/mol. The van der Waals surface area contributed by atoms with Crippen LogP contribution in [0.2, 0.25) is 0 Å². The van der Waals surface area contributed by atoms with E-state index in [0.717, 1.165) is 6.54 Å². The van der Waals surface area contributed by atoms with Crippen molar-refractivity contribution in [3.05, 3.63) is 6.33 Å². The molecule has 0 bridgehead atoms. The molecule has 7 nitrogen and oxygen atoms in total. The van der Waals surface area contributed by atoms with E-state index in [1.807, 2.05) is 6.92 Å². The number of aromatic nitrogens is 2. The summed E-state index contributed by atoms with van der Waals surface area (Å²) in [5.41, 5.74) is 0. The molecule has 0 aliphatic rings. The van der Waals surface area contributed by atoms with Gasteiger partial charge in [-0.1, -0.05) is 0 Å². The first-order valence-electron chi connectivity index (χ1n) is 5.75. The quantitative estimate of drug-likeness (QED) is 0.682. The number of anilines is 2. The van der Waals surface area contributed by atoms with Gasteiger partial charge in [-0.05, 0) is 13.8 Å². The average Bonchev–Trinajstić information content (AvgIpc) is 2.38. The largest absolute Gasteiger partial charge is 0.490 e. The first kappa shape index (κ1) is 14.0. The zero-order valence-electron chi connectivity index (χ0n) is 11.1.